The largest absolute Gasteiger partial charge is 0.507 e. The summed E-state index contributed by atoms with van der Waals surface area (Å²) >= 11 is 0. The minimum Gasteiger partial charge on any atom is -0.507 e. The van der Waals surface area contributed by atoms with Crippen LogP contribution in [0.25, 0.3) is 0 Å². The summed E-state index contributed by atoms with van der Waals surface area (Å²) in [5.74, 6) is -0.637. The standard InChI is InChI=1S/C24H38O8Si/c1-7-30-21(25)11-12-24(5,28)20(32-33(8-2,9-3)10-4)14-17-19(29-6)13-16-18(22(17)26)15-31-23(16)27/h13,20,26,28H,7-12,14-15H2,1-6H3/t20-,24-/m0/s1. The number of hydrogen-bond donors (Lipinski definition) is 2. The molecule has 0 aliphatic carbocycles. The highest BCUT2D eigenvalue weighted by Gasteiger charge is 2.42. The van der Waals surface area contributed by atoms with Crippen LogP contribution >= 0.6 is 0 Å². The third-order valence-corrected chi connectivity index (χ3v) is 11.5. The molecule has 1 aliphatic rings. The van der Waals surface area contributed by atoms with Crippen molar-refractivity contribution in [2.75, 3.05) is 13.7 Å². The van der Waals surface area contributed by atoms with Gasteiger partial charge in [-0.2, -0.15) is 0 Å². The molecule has 8 nitrogen and oxygen atoms in total. The van der Waals surface area contributed by atoms with Crippen molar-refractivity contribution >= 4 is 20.3 Å². The van der Waals surface area contributed by atoms with Gasteiger partial charge in [0.15, 0.2) is 8.32 Å². The second kappa shape index (κ2) is 11.4. The number of hydrogen-bond acceptors (Lipinski definition) is 8. The number of rotatable bonds is 13. The van der Waals surface area contributed by atoms with E-state index in [1.165, 1.54) is 7.11 Å². The first kappa shape index (κ1) is 27.1. The van der Waals surface area contributed by atoms with Crippen molar-refractivity contribution in [1.82, 2.24) is 0 Å². The topological polar surface area (TPSA) is 112 Å². The summed E-state index contributed by atoms with van der Waals surface area (Å²) < 4.78 is 22.3. The number of phenolic OH excluding ortho intramolecular Hbond substituents is 1. The summed E-state index contributed by atoms with van der Waals surface area (Å²) in [4.78, 5) is 24.0. The average molecular weight is 483 g/mol. The summed E-state index contributed by atoms with van der Waals surface area (Å²) in [5, 5.41) is 22.5. The van der Waals surface area contributed by atoms with Gasteiger partial charge in [-0.15, -0.1) is 0 Å². The molecule has 33 heavy (non-hydrogen) atoms. The van der Waals surface area contributed by atoms with Gasteiger partial charge in [0.25, 0.3) is 0 Å². The van der Waals surface area contributed by atoms with Gasteiger partial charge in [0.2, 0.25) is 0 Å². The predicted molar refractivity (Wildman–Crippen MR) is 126 cm³/mol. The van der Waals surface area contributed by atoms with Gasteiger partial charge in [-0.3, -0.25) is 4.79 Å². The number of carbonyl (C=O) groups excluding carboxylic acids is 2. The molecule has 0 spiro atoms. The number of esters is 2. The Bertz CT molecular complexity index is 839. The molecule has 0 aromatic heterocycles. The lowest BCUT2D eigenvalue weighted by molar-refractivity contribution is -0.145. The van der Waals surface area contributed by atoms with E-state index in [9.17, 15) is 19.8 Å². The molecule has 0 saturated carbocycles. The normalized spacial score (nSPS) is 16.0. The average Bonchev–Trinajstić information content (AvgIpc) is 3.17. The minimum absolute atomic E-state index is 0.0145. The number of benzene rings is 1. The van der Waals surface area contributed by atoms with Gasteiger partial charge in [-0.05, 0) is 44.5 Å². The van der Waals surface area contributed by atoms with E-state index in [2.05, 4.69) is 20.8 Å². The van der Waals surface area contributed by atoms with Crippen LogP contribution in [-0.4, -0.2) is 55.9 Å². The SMILES string of the molecule is CCOC(=O)CC[C@](C)(O)[C@H](Cc1c(OC)cc2c(c1O)COC2=O)O[Si](CC)(CC)CC. The van der Waals surface area contributed by atoms with Crippen LogP contribution in [0.5, 0.6) is 11.5 Å². The zero-order valence-electron chi connectivity index (χ0n) is 20.7. The van der Waals surface area contributed by atoms with E-state index in [4.69, 9.17) is 18.6 Å². The number of ether oxygens (including phenoxy) is 3. The lowest BCUT2D eigenvalue weighted by Crippen LogP contribution is -2.50. The Morgan fingerprint density at radius 3 is 2.42 bits per heavy atom. The van der Waals surface area contributed by atoms with E-state index in [-0.39, 0.29) is 49.8 Å². The summed E-state index contributed by atoms with van der Waals surface area (Å²) in [7, 11) is -0.708. The van der Waals surface area contributed by atoms with E-state index in [1.807, 2.05) is 0 Å². The molecule has 186 valence electrons. The summed E-state index contributed by atoms with van der Waals surface area (Å²) in [5.41, 5.74) is -0.236. The molecular weight excluding hydrogens is 444 g/mol. The molecule has 0 amide bonds. The van der Waals surface area contributed by atoms with Gasteiger partial charge in [-0.1, -0.05) is 20.8 Å². The van der Waals surface area contributed by atoms with E-state index < -0.39 is 26.0 Å². The van der Waals surface area contributed by atoms with Crippen LogP contribution in [0.2, 0.25) is 18.1 Å². The maximum absolute atomic E-state index is 12.0. The highest BCUT2D eigenvalue weighted by Crippen LogP contribution is 2.41. The fourth-order valence-electron chi connectivity index (χ4n) is 4.28. The molecule has 1 aromatic carbocycles. The first-order valence-corrected chi connectivity index (χ1v) is 14.3. The maximum Gasteiger partial charge on any atom is 0.339 e. The van der Waals surface area contributed by atoms with Crippen LogP contribution < -0.4 is 4.74 Å². The quantitative estimate of drug-likeness (QED) is 0.319. The monoisotopic (exact) mass is 482 g/mol. The van der Waals surface area contributed by atoms with Gasteiger partial charge in [-0.25, -0.2) is 4.79 Å². The number of carbonyl (C=O) groups is 2. The molecule has 0 fully saturated rings. The molecule has 0 radical (unpaired) electrons. The van der Waals surface area contributed by atoms with E-state index in [1.54, 1.807) is 19.9 Å². The Kier molecular flexibility index (Phi) is 9.34. The molecule has 0 bridgehead atoms. The highest BCUT2D eigenvalue weighted by atomic mass is 28.4. The lowest BCUT2D eigenvalue weighted by atomic mass is 9.87. The third kappa shape index (κ3) is 6.07. The molecule has 1 aromatic rings. The number of methoxy groups -OCH3 is 1. The number of cyclic esters (lactones) is 1. The lowest BCUT2D eigenvalue weighted by Gasteiger charge is -2.40. The van der Waals surface area contributed by atoms with Crippen molar-refractivity contribution in [2.24, 2.45) is 0 Å². The Morgan fingerprint density at radius 2 is 1.88 bits per heavy atom. The molecule has 1 heterocycles. The van der Waals surface area contributed by atoms with Crippen LogP contribution in [0.1, 0.15) is 68.9 Å². The number of fused-ring (bicyclic) bond motifs is 1. The van der Waals surface area contributed by atoms with Crippen molar-refractivity contribution < 1.29 is 38.4 Å². The highest BCUT2D eigenvalue weighted by molar-refractivity contribution is 6.73. The van der Waals surface area contributed by atoms with E-state index in [0.717, 1.165) is 18.1 Å². The predicted octanol–water partition coefficient (Wildman–Crippen LogP) is 4.10. The Labute approximate surface area is 197 Å². The van der Waals surface area contributed by atoms with Gasteiger partial charge in [0.05, 0.1) is 31.0 Å². The first-order valence-electron chi connectivity index (χ1n) is 11.7. The zero-order valence-corrected chi connectivity index (χ0v) is 21.7. The van der Waals surface area contributed by atoms with Crippen molar-refractivity contribution in [3.63, 3.8) is 0 Å². The van der Waals surface area contributed by atoms with Gasteiger partial charge < -0.3 is 28.8 Å². The smallest absolute Gasteiger partial charge is 0.339 e. The summed E-state index contributed by atoms with van der Waals surface area (Å²) in [6.45, 7) is 9.95. The second-order valence-corrected chi connectivity index (χ2v) is 13.4. The van der Waals surface area contributed by atoms with Crippen molar-refractivity contribution in [2.45, 2.75) is 90.3 Å². The van der Waals surface area contributed by atoms with Crippen molar-refractivity contribution in [3.05, 3.63) is 22.8 Å². The number of aromatic hydroxyl groups is 1. The van der Waals surface area contributed by atoms with Crippen molar-refractivity contribution in [3.8, 4) is 11.5 Å². The fraction of sp³-hybridized carbons (Fsp3) is 0.667. The fourth-order valence-corrected chi connectivity index (χ4v) is 7.22. The van der Waals surface area contributed by atoms with Crippen LogP contribution in [0.15, 0.2) is 6.07 Å². The van der Waals surface area contributed by atoms with Crippen LogP contribution in [0.4, 0.5) is 0 Å². The van der Waals surface area contributed by atoms with E-state index >= 15 is 0 Å². The molecule has 2 rings (SSSR count). The van der Waals surface area contributed by atoms with Crippen LogP contribution in [-0.2, 0) is 31.7 Å². The number of phenols is 1. The van der Waals surface area contributed by atoms with Crippen molar-refractivity contribution in [1.29, 1.82) is 0 Å². The number of aliphatic hydroxyl groups is 1. The molecule has 0 saturated heterocycles. The molecule has 2 atom stereocenters. The second-order valence-electron chi connectivity index (χ2n) is 8.72. The molecule has 2 N–H and O–H groups in total. The Balaban J connectivity index is 2.46. The van der Waals surface area contributed by atoms with Gasteiger partial charge in [0.1, 0.15) is 18.1 Å². The molecule has 1 aliphatic heterocycles. The minimum atomic E-state index is -2.17. The molecular formula is C24H38O8Si. The first-order chi connectivity index (χ1) is 15.6. The van der Waals surface area contributed by atoms with Crippen LogP contribution in [0, 0.1) is 0 Å². The maximum atomic E-state index is 12.0. The third-order valence-electron chi connectivity index (χ3n) is 6.81. The Hall–Kier alpha value is -2.10. The van der Waals surface area contributed by atoms with Crippen LogP contribution in [0.3, 0.4) is 0 Å². The summed E-state index contributed by atoms with van der Waals surface area (Å²) in [6.07, 6.45) is -0.348. The zero-order chi connectivity index (χ0) is 24.8. The molecule has 9 heteroatoms. The summed E-state index contributed by atoms with van der Waals surface area (Å²) in [6, 6.07) is 4.19. The Morgan fingerprint density at radius 1 is 1.24 bits per heavy atom. The van der Waals surface area contributed by atoms with Gasteiger partial charge >= 0.3 is 11.9 Å². The van der Waals surface area contributed by atoms with E-state index in [0.29, 0.717) is 16.9 Å². The van der Waals surface area contributed by atoms with Gasteiger partial charge in [0, 0.05) is 24.0 Å². The molecule has 0 unspecified atom stereocenters.